The van der Waals surface area contributed by atoms with Gasteiger partial charge in [0.25, 0.3) is 11.1 Å². The molecule has 0 aromatic carbocycles. The molecule has 1 fully saturated rings. The average molecular weight is 317 g/mol. The van der Waals surface area contributed by atoms with Crippen molar-refractivity contribution < 1.29 is 4.79 Å². The van der Waals surface area contributed by atoms with Crippen LogP contribution in [0.3, 0.4) is 0 Å². The molecule has 1 saturated heterocycles. The minimum Gasteiger partial charge on any atom is -0.341 e. The van der Waals surface area contributed by atoms with Gasteiger partial charge in [-0.05, 0) is 18.8 Å². The fourth-order valence-corrected chi connectivity index (χ4v) is 2.87. The third-order valence-electron chi connectivity index (χ3n) is 4.18. The molecule has 0 spiro atoms. The number of H-pyrrole nitrogens is 1. The maximum Gasteiger partial charge on any atom is 0.265 e. The Hall–Kier alpha value is -2.64. The van der Waals surface area contributed by atoms with E-state index in [1.807, 2.05) is 6.20 Å². The van der Waals surface area contributed by atoms with Crippen molar-refractivity contribution in [2.24, 2.45) is 5.92 Å². The topological polar surface area (TPSA) is 93.0 Å². The summed E-state index contributed by atoms with van der Waals surface area (Å²) in [5, 5.41) is 2.37. The van der Waals surface area contributed by atoms with Crippen molar-refractivity contribution in [1.29, 1.82) is 0 Å². The first-order valence-electron chi connectivity index (χ1n) is 7.65. The SMILES string of the molecule is O=C(Cn1[nH]c(=O)ccc1=O)N1CCC(Cn2ccnc2)CC1. The lowest BCUT2D eigenvalue weighted by Gasteiger charge is -2.32. The summed E-state index contributed by atoms with van der Waals surface area (Å²) in [6.45, 7) is 2.13. The van der Waals surface area contributed by atoms with Crippen LogP contribution in [0.2, 0.25) is 0 Å². The molecule has 8 nitrogen and oxygen atoms in total. The molecule has 0 atom stereocenters. The van der Waals surface area contributed by atoms with Crippen LogP contribution in [-0.4, -0.2) is 43.2 Å². The molecule has 8 heteroatoms. The molecule has 0 radical (unpaired) electrons. The van der Waals surface area contributed by atoms with Crippen molar-refractivity contribution >= 4 is 5.91 Å². The molecule has 1 aliphatic heterocycles. The summed E-state index contributed by atoms with van der Waals surface area (Å²) in [5.74, 6) is 0.377. The van der Waals surface area contributed by atoms with Crippen LogP contribution >= 0.6 is 0 Å². The first-order valence-corrected chi connectivity index (χ1v) is 7.65. The van der Waals surface area contributed by atoms with Crippen LogP contribution in [-0.2, 0) is 17.9 Å². The number of nitrogens with one attached hydrogen (secondary N) is 1. The van der Waals surface area contributed by atoms with Crippen LogP contribution in [0, 0.1) is 5.92 Å². The monoisotopic (exact) mass is 317 g/mol. The second kappa shape index (κ2) is 6.64. The molecule has 1 amide bonds. The predicted molar refractivity (Wildman–Crippen MR) is 82.9 cm³/mol. The maximum atomic E-state index is 12.3. The van der Waals surface area contributed by atoms with E-state index in [0.29, 0.717) is 19.0 Å². The van der Waals surface area contributed by atoms with Gasteiger partial charge in [-0.1, -0.05) is 0 Å². The number of amides is 1. The second-order valence-electron chi connectivity index (χ2n) is 5.82. The number of carbonyl (C=O) groups excluding carboxylic acids is 1. The zero-order valence-corrected chi connectivity index (χ0v) is 12.7. The Kier molecular flexibility index (Phi) is 4.40. The van der Waals surface area contributed by atoms with Gasteiger partial charge in [0.05, 0.1) is 6.33 Å². The Labute approximate surface area is 132 Å². The first kappa shape index (κ1) is 15.3. The number of likely N-dealkylation sites (tertiary alicyclic amines) is 1. The average Bonchev–Trinajstić information content (AvgIpc) is 3.04. The van der Waals surface area contributed by atoms with Crippen LogP contribution in [0.5, 0.6) is 0 Å². The number of aromatic nitrogens is 4. The highest BCUT2D eigenvalue weighted by atomic mass is 16.2. The maximum absolute atomic E-state index is 12.3. The van der Waals surface area contributed by atoms with E-state index in [2.05, 4.69) is 14.6 Å². The minimum absolute atomic E-state index is 0.124. The van der Waals surface area contributed by atoms with Crippen LogP contribution in [0.25, 0.3) is 0 Å². The lowest BCUT2D eigenvalue weighted by Crippen LogP contribution is -2.43. The molecule has 0 aliphatic carbocycles. The van der Waals surface area contributed by atoms with Crippen molar-refractivity contribution in [3.63, 3.8) is 0 Å². The van der Waals surface area contributed by atoms with Gasteiger partial charge in [0.2, 0.25) is 5.91 Å². The molecular formula is C15H19N5O3. The number of rotatable bonds is 4. The van der Waals surface area contributed by atoms with E-state index in [4.69, 9.17) is 0 Å². The zero-order valence-electron chi connectivity index (χ0n) is 12.7. The molecule has 2 aromatic rings. The van der Waals surface area contributed by atoms with Gasteiger partial charge < -0.3 is 9.47 Å². The highest BCUT2D eigenvalue weighted by Gasteiger charge is 2.23. The zero-order chi connectivity index (χ0) is 16.2. The van der Waals surface area contributed by atoms with Gasteiger partial charge >= 0.3 is 0 Å². The van der Waals surface area contributed by atoms with Crippen molar-refractivity contribution in [3.8, 4) is 0 Å². The van der Waals surface area contributed by atoms with Crippen LogP contribution < -0.4 is 11.1 Å². The molecule has 122 valence electrons. The van der Waals surface area contributed by atoms with Crippen molar-refractivity contribution in [1.82, 2.24) is 24.2 Å². The summed E-state index contributed by atoms with van der Waals surface area (Å²) < 4.78 is 3.11. The largest absolute Gasteiger partial charge is 0.341 e. The number of hydrogen-bond acceptors (Lipinski definition) is 4. The Morgan fingerprint density at radius 3 is 2.74 bits per heavy atom. The van der Waals surface area contributed by atoms with Gasteiger partial charge in [-0.3, -0.25) is 19.5 Å². The normalized spacial score (nSPS) is 15.7. The summed E-state index contributed by atoms with van der Waals surface area (Å²) in [6.07, 6.45) is 7.34. The Morgan fingerprint density at radius 1 is 1.26 bits per heavy atom. The number of hydrogen-bond donors (Lipinski definition) is 1. The Morgan fingerprint density at radius 2 is 2.04 bits per heavy atom. The van der Waals surface area contributed by atoms with Crippen LogP contribution in [0.1, 0.15) is 12.8 Å². The predicted octanol–water partition coefficient (Wildman–Crippen LogP) is -0.328. The van der Waals surface area contributed by atoms with Gasteiger partial charge in [0, 0.05) is 44.2 Å². The minimum atomic E-state index is -0.392. The molecule has 3 rings (SSSR count). The summed E-state index contributed by atoms with van der Waals surface area (Å²) in [6, 6.07) is 2.33. The molecule has 3 heterocycles. The quantitative estimate of drug-likeness (QED) is 0.836. The summed E-state index contributed by atoms with van der Waals surface area (Å²) in [4.78, 5) is 40.9. The summed E-state index contributed by atoms with van der Waals surface area (Å²) in [5.41, 5.74) is -0.774. The van der Waals surface area contributed by atoms with E-state index in [1.54, 1.807) is 17.4 Å². The molecule has 2 aromatic heterocycles. The van der Waals surface area contributed by atoms with E-state index >= 15 is 0 Å². The summed E-state index contributed by atoms with van der Waals surface area (Å²) in [7, 11) is 0. The first-order chi connectivity index (χ1) is 11.1. The third-order valence-corrected chi connectivity index (χ3v) is 4.18. The fraction of sp³-hybridized carbons (Fsp3) is 0.467. The summed E-state index contributed by atoms with van der Waals surface area (Å²) >= 11 is 0. The molecule has 0 unspecified atom stereocenters. The molecule has 1 aliphatic rings. The van der Waals surface area contributed by atoms with Gasteiger partial charge in [-0.25, -0.2) is 9.67 Å². The molecule has 0 bridgehead atoms. The lowest BCUT2D eigenvalue weighted by atomic mass is 9.96. The van der Waals surface area contributed by atoms with Crippen molar-refractivity contribution in [2.45, 2.75) is 25.9 Å². The standard InChI is InChI=1S/C15H19N5O3/c21-13-1-2-14(22)20(17-13)10-15(23)19-6-3-12(4-7-19)9-18-8-5-16-11-18/h1-2,5,8,11-12H,3-4,6-7,9-10H2,(H,17,21). The molecule has 0 saturated carbocycles. The molecule has 23 heavy (non-hydrogen) atoms. The number of aromatic amines is 1. The Bertz CT molecular complexity index is 769. The van der Waals surface area contributed by atoms with Crippen molar-refractivity contribution in [3.05, 3.63) is 51.6 Å². The number of piperidine rings is 1. The van der Waals surface area contributed by atoms with E-state index in [9.17, 15) is 14.4 Å². The van der Waals surface area contributed by atoms with Crippen LogP contribution in [0.4, 0.5) is 0 Å². The fourth-order valence-electron chi connectivity index (χ4n) is 2.87. The van der Waals surface area contributed by atoms with E-state index in [1.165, 1.54) is 6.07 Å². The highest BCUT2D eigenvalue weighted by molar-refractivity contribution is 5.75. The lowest BCUT2D eigenvalue weighted by molar-refractivity contribution is -0.133. The van der Waals surface area contributed by atoms with E-state index in [-0.39, 0.29) is 18.0 Å². The van der Waals surface area contributed by atoms with Crippen LogP contribution in [0.15, 0.2) is 40.4 Å². The van der Waals surface area contributed by atoms with Gasteiger partial charge in [0.1, 0.15) is 6.54 Å². The van der Waals surface area contributed by atoms with Gasteiger partial charge in [0.15, 0.2) is 0 Å². The third kappa shape index (κ3) is 3.77. The van der Waals surface area contributed by atoms with E-state index in [0.717, 1.165) is 30.1 Å². The van der Waals surface area contributed by atoms with E-state index < -0.39 is 5.56 Å². The number of nitrogens with zero attached hydrogens (tertiary/aromatic N) is 4. The number of imidazole rings is 1. The Balaban J connectivity index is 1.55. The number of carbonyl (C=O) groups is 1. The molecule has 1 N–H and O–H groups in total. The van der Waals surface area contributed by atoms with Gasteiger partial charge in [-0.15, -0.1) is 0 Å². The van der Waals surface area contributed by atoms with Crippen molar-refractivity contribution in [2.75, 3.05) is 13.1 Å². The smallest absolute Gasteiger partial charge is 0.265 e. The second-order valence-corrected chi connectivity index (χ2v) is 5.82. The molecular weight excluding hydrogens is 298 g/mol. The highest BCUT2D eigenvalue weighted by Crippen LogP contribution is 2.19. The van der Waals surface area contributed by atoms with Gasteiger partial charge in [-0.2, -0.15) is 0 Å².